The standard InChI is InChI=1S/C10H14N2O3/c1-14-10(13)12-8-2-4-9(5-3-8)15-7-6-11/h2-5H,6-7,11H2,1H3,(H,12,13). The van der Waals surface area contributed by atoms with Gasteiger partial charge < -0.3 is 15.2 Å². The number of anilines is 1. The first-order chi connectivity index (χ1) is 7.26. The van der Waals surface area contributed by atoms with Gasteiger partial charge in [-0.2, -0.15) is 0 Å². The van der Waals surface area contributed by atoms with Crippen LogP contribution < -0.4 is 15.8 Å². The van der Waals surface area contributed by atoms with Crippen molar-refractivity contribution in [2.24, 2.45) is 5.73 Å². The first-order valence-corrected chi connectivity index (χ1v) is 4.54. The molecule has 0 bridgehead atoms. The highest BCUT2D eigenvalue weighted by Crippen LogP contribution is 2.15. The van der Waals surface area contributed by atoms with E-state index < -0.39 is 6.09 Å². The third-order valence-corrected chi connectivity index (χ3v) is 1.67. The lowest BCUT2D eigenvalue weighted by molar-refractivity contribution is 0.187. The minimum Gasteiger partial charge on any atom is -0.492 e. The Labute approximate surface area is 88.2 Å². The summed E-state index contributed by atoms with van der Waals surface area (Å²) in [6, 6.07) is 6.95. The highest BCUT2D eigenvalue weighted by atomic mass is 16.5. The topological polar surface area (TPSA) is 73.6 Å². The van der Waals surface area contributed by atoms with E-state index in [1.54, 1.807) is 24.3 Å². The van der Waals surface area contributed by atoms with Gasteiger partial charge in [0.1, 0.15) is 12.4 Å². The van der Waals surface area contributed by atoms with E-state index in [4.69, 9.17) is 10.5 Å². The monoisotopic (exact) mass is 210 g/mol. The van der Waals surface area contributed by atoms with Crippen LogP contribution in [-0.4, -0.2) is 26.4 Å². The molecule has 0 unspecified atom stereocenters. The molecule has 0 heterocycles. The van der Waals surface area contributed by atoms with Crippen LogP contribution in [0, 0.1) is 0 Å². The minimum atomic E-state index is -0.495. The molecule has 1 aromatic carbocycles. The van der Waals surface area contributed by atoms with Gasteiger partial charge in [0, 0.05) is 12.2 Å². The summed E-state index contributed by atoms with van der Waals surface area (Å²) in [5, 5.41) is 2.53. The van der Waals surface area contributed by atoms with Crippen molar-refractivity contribution in [3.8, 4) is 5.75 Å². The second kappa shape index (κ2) is 5.87. The number of carbonyl (C=O) groups excluding carboxylic acids is 1. The molecule has 0 radical (unpaired) electrons. The summed E-state index contributed by atoms with van der Waals surface area (Å²) >= 11 is 0. The summed E-state index contributed by atoms with van der Waals surface area (Å²) in [6.45, 7) is 0.950. The van der Waals surface area contributed by atoms with Crippen LogP contribution >= 0.6 is 0 Å². The summed E-state index contributed by atoms with van der Waals surface area (Å²) in [4.78, 5) is 10.9. The second-order valence-corrected chi connectivity index (χ2v) is 2.78. The Morgan fingerprint density at radius 2 is 2.07 bits per heavy atom. The molecule has 82 valence electrons. The molecule has 0 saturated heterocycles. The van der Waals surface area contributed by atoms with Crippen molar-refractivity contribution in [2.45, 2.75) is 0 Å². The van der Waals surface area contributed by atoms with E-state index >= 15 is 0 Å². The molecule has 0 spiro atoms. The highest BCUT2D eigenvalue weighted by Gasteiger charge is 2.00. The minimum absolute atomic E-state index is 0.474. The molecule has 0 saturated carbocycles. The molecule has 0 aliphatic heterocycles. The largest absolute Gasteiger partial charge is 0.492 e. The van der Waals surface area contributed by atoms with Gasteiger partial charge in [0.2, 0.25) is 0 Å². The van der Waals surface area contributed by atoms with Gasteiger partial charge in [0.05, 0.1) is 7.11 Å². The molecular formula is C10H14N2O3. The third-order valence-electron chi connectivity index (χ3n) is 1.67. The summed E-state index contributed by atoms with van der Waals surface area (Å²) in [6.07, 6.45) is -0.495. The highest BCUT2D eigenvalue weighted by molar-refractivity contribution is 5.84. The summed E-state index contributed by atoms with van der Waals surface area (Å²) < 4.78 is 9.72. The fraction of sp³-hybridized carbons (Fsp3) is 0.300. The summed E-state index contributed by atoms with van der Waals surface area (Å²) in [7, 11) is 1.31. The van der Waals surface area contributed by atoms with Crippen molar-refractivity contribution in [1.29, 1.82) is 0 Å². The van der Waals surface area contributed by atoms with Gasteiger partial charge in [-0.1, -0.05) is 0 Å². The van der Waals surface area contributed by atoms with E-state index in [2.05, 4.69) is 10.1 Å². The molecule has 0 aliphatic rings. The average molecular weight is 210 g/mol. The SMILES string of the molecule is COC(=O)Nc1ccc(OCCN)cc1. The molecule has 0 aromatic heterocycles. The van der Waals surface area contributed by atoms with Gasteiger partial charge in [0.15, 0.2) is 0 Å². The van der Waals surface area contributed by atoms with Crippen molar-refractivity contribution in [2.75, 3.05) is 25.6 Å². The fourth-order valence-corrected chi connectivity index (χ4v) is 0.980. The Hall–Kier alpha value is -1.75. The normalized spacial score (nSPS) is 9.47. The molecule has 1 aromatic rings. The zero-order valence-electron chi connectivity index (χ0n) is 8.53. The quantitative estimate of drug-likeness (QED) is 0.783. The predicted octanol–water partition coefficient (Wildman–Crippen LogP) is 1.20. The van der Waals surface area contributed by atoms with Gasteiger partial charge in [-0.15, -0.1) is 0 Å². The van der Waals surface area contributed by atoms with Crippen molar-refractivity contribution in [3.63, 3.8) is 0 Å². The van der Waals surface area contributed by atoms with Crippen LogP contribution in [0.5, 0.6) is 5.75 Å². The number of nitrogens with two attached hydrogens (primary N) is 1. The van der Waals surface area contributed by atoms with Crippen LogP contribution in [0.4, 0.5) is 10.5 Å². The Bertz CT molecular complexity index is 311. The maximum atomic E-state index is 10.9. The lowest BCUT2D eigenvalue weighted by Gasteiger charge is -2.06. The van der Waals surface area contributed by atoms with Crippen molar-refractivity contribution >= 4 is 11.8 Å². The van der Waals surface area contributed by atoms with E-state index in [9.17, 15) is 4.79 Å². The Morgan fingerprint density at radius 3 is 2.60 bits per heavy atom. The maximum absolute atomic E-state index is 10.9. The number of amides is 1. The van der Waals surface area contributed by atoms with Crippen LogP contribution in [0.3, 0.4) is 0 Å². The molecule has 1 amide bonds. The number of nitrogens with one attached hydrogen (secondary N) is 1. The Morgan fingerprint density at radius 1 is 1.40 bits per heavy atom. The molecule has 5 heteroatoms. The first-order valence-electron chi connectivity index (χ1n) is 4.54. The second-order valence-electron chi connectivity index (χ2n) is 2.78. The van der Waals surface area contributed by atoms with Crippen LogP contribution in [0.1, 0.15) is 0 Å². The number of hydrogen-bond donors (Lipinski definition) is 2. The smallest absolute Gasteiger partial charge is 0.411 e. The average Bonchev–Trinajstić information content (AvgIpc) is 2.28. The van der Waals surface area contributed by atoms with Crippen LogP contribution in [0.25, 0.3) is 0 Å². The van der Waals surface area contributed by atoms with Gasteiger partial charge in [-0.05, 0) is 24.3 Å². The third kappa shape index (κ3) is 3.86. The molecule has 3 N–H and O–H groups in total. The van der Waals surface area contributed by atoms with Crippen LogP contribution in [0.2, 0.25) is 0 Å². The van der Waals surface area contributed by atoms with Crippen LogP contribution in [-0.2, 0) is 4.74 Å². The molecule has 0 aliphatic carbocycles. The molecule has 0 atom stereocenters. The number of methoxy groups -OCH3 is 1. The molecular weight excluding hydrogens is 196 g/mol. The van der Waals surface area contributed by atoms with E-state index in [0.717, 1.165) is 5.75 Å². The lowest BCUT2D eigenvalue weighted by Crippen LogP contribution is -2.11. The number of hydrogen-bond acceptors (Lipinski definition) is 4. The van der Waals surface area contributed by atoms with E-state index in [1.807, 2.05) is 0 Å². The summed E-state index contributed by atoms with van der Waals surface area (Å²) in [5.74, 6) is 0.718. The maximum Gasteiger partial charge on any atom is 0.411 e. The van der Waals surface area contributed by atoms with Gasteiger partial charge in [-0.25, -0.2) is 4.79 Å². The number of rotatable bonds is 4. The predicted molar refractivity (Wildman–Crippen MR) is 57.0 cm³/mol. The fourth-order valence-electron chi connectivity index (χ4n) is 0.980. The first kappa shape index (κ1) is 11.3. The summed E-state index contributed by atoms with van der Waals surface area (Å²) in [5.41, 5.74) is 5.95. The Balaban J connectivity index is 2.52. The van der Waals surface area contributed by atoms with Crippen LogP contribution in [0.15, 0.2) is 24.3 Å². The van der Waals surface area contributed by atoms with Gasteiger partial charge in [-0.3, -0.25) is 5.32 Å². The van der Waals surface area contributed by atoms with Crippen molar-refractivity contribution < 1.29 is 14.3 Å². The number of ether oxygens (including phenoxy) is 2. The van der Waals surface area contributed by atoms with Crippen molar-refractivity contribution in [3.05, 3.63) is 24.3 Å². The zero-order chi connectivity index (χ0) is 11.1. The Kier molecular flexibility index (Phi) is 4.43. The van der Waals surface area contributed by atoms with E-state index in [0.29, 0.717) is 18.8 Å². The molecule has 5 nitrogen and oxygen atoms in total. The van der Waals surface area contributed by atoms with E-state index in [1.165, 1.54) is 7.11 Å². The molecule has 1 rings (SSSR count). The van der Waals surface area contributed by atoms with E-state index in [-0.39, 0.29) is 0 Å². The lowest BCUT2D eigenvalue weighted by atomic mass is 10.3. The molecule has 0 fully saturated rings. The zero-order valence-corrected chi connectivity index (χ0v) is 8.53. The number of benzene rings is 1. The van der Waals surface area contributed by atoms with Crippen molar-refractivity contribution in [1.82, 2.24) is 0 Å². The van der Waals surface area contributed by atoms with Gasteiger partial charge >= 0.3 is 6.09 Å². The number of carbonyl (C=O) groups is 1. The molecule has 15 heavy (non-hydrogen) atoms. The van der Waals surface area contributed by atoms with Gasteiger partial charge in [0.25, 0.3) is 0 Å².